The summed E-state index contributed by atoms with van der Waals surface area (Å²) in [5.41, 5.74) is 1.13. The van der Waals surface area contributed by atoms with Crippen LogP contribution in [0.1, 0.15) is 11.1 Å². The van der Waals surface area contributed by atoms with Crippen LogP contribution in [-0.4, -0.2) is 12.7 Å². The second-order valence-electron chi connectivity index (χ2n) is 4.99. The summed E-state index contributed by atoms with van der Waals surface area (Å²) >= 11 is 5.73. The van der Waals surface area contributed by atoms with Crippen molar-refractivity contribution in [1.82, 2.24) is 5.32 Å². The molecule has 4 nitrogen and oxygen atoms in total. The molecule has 1 spiro atoms. The van der Waals surface area contributed by atoms with Crippen molar-refractivity contribution in [2.75, 3.05) is 6.61 Å². The van der Waals surface area contributed by atoms with Gasteiger partial charge in [0.05, 0.1) is 0 Å². The third-order valence-corrected chi connectivity index (χ3v) is 4.92. The van der Waals surface area contributed by atoms with E-state index in [1.54, 1.807) is 0 Å². The molecule has 4 rings (SSSR count). The van der Waals surface area contributed by atoms with E-state index in [4.69, 9.17) is 9.47 Å². The predicted octanol–water partition coefficient (Wildman–Crippen LogP) is 4.14. The largest absolute Gasteiger partial charge is 0.457 e. The third kappa shape index (κ3) is 1.96. The quantitative estimate of drug-likeness (QED) is 0.605. The number of halogens is 2. The number of cyclic esters (lactones) is 1. The Morgan fingerprint density at radius 2 is 1.86 bits per heavy atom. The smallest absolute Gasteiger partial charge is 0.408 e. The van der Waals surface area contributed by atoms with Gasteiger partial charge in [0.1, 0.15) is 23.6 Å². The first-order chi connectivity index (χ1) is 10.1. The maximum absolute atomic E-state index is 11.7. The number of benzene rings is 2. The van der Waals surface area contributed by atoms with Gasteiger partial charge in [0.25, 0.3) is 0 Å². The Morgan fingerprint density at radius 1 is 1.14 bits per heavy atom. The minimum Gasteiger partial charge on any atom is -0.457 e. The number of carbonyl (C=O) groups excluding carboxylic acids is 1. The number of fused-ring (bicyclic) bond motifs is 4. The molecule has 0 aromatic heterocycles. The van der Waals surface area contributed by atoms with Crippen LogP contribution in [0, 0.1) is 3.57 Å². The molecule has 1 N–H and O–H groups in total. The van der Waals surface area contributed by atoms with Crippen LogP contribution in [-0.2, 0) is 10.3 Å². The average molecular weight is 458 g/mol. The van der Waals surface area contributed by atoms with Crippen molar-refractivity contribution in [3.63, 3.8) is 0 Å². The minimum absolute atomic E-state index is 0.256. The van der Waals surface area contributed by atoms with Gasteiger partial charge in [-0.25, -0.2) is 4.79 Å². The Kier molecular flexibility index (Phi) is 2.94. The van der Waals surface area contributed by atoms with Crippen molar-refractivity contribution in [2.45, 2.75) is 5.54 Å². The maximum Gasteiger partial charge on any atom is 0.408 e. The monoisotopic (exact) mass is 457 g/mol. The molecule has 2 aromatic rings. The fourth-order valence-electron chi connectivity index (χ4n) is 2.82. The second-order valence-corrected chi connectivity index (χ2v) is 7.15. The lowest BCUT2D eigenvalue weighted by Gasteiger charge is -2.35. The number of amides is 1. The molecule has 1 amide bonds. The number of ether oxygens (including phenoxy) is 2. The number of rotatable bonds is 0. The molecule has 6 heteroatoms. The molecule has 1 unspecified atom stereocenters. The first kappa shape index (κ1) is 13.4. The predicted molar refractivity (Wildman–Crippen MR) is 88.6 cm³/mol. The molecule has 2 heterocycles. The highest BCUT2D eigenvalue weighted by Gasteiger charge is 2.49. The van der Waals surface area contributed by atoms with Crippen molar-refractivity contribution < 1.29 is 14.3 Å². The van der Waals surface area contributed by atoms with Gasteiger partial charge in [-0.3, -0.25) is 0 Å². The van der Waals surface area contributed by atoms with Gasteiger partial charge in [-0.15, -0.1) is 0 Å². The lowest BCUT2D eigenvalue weighted by molar-refractivity contribution is 0.173. The number of alkyl carbamates (subject to hydrolysis) is 1. The zero-order valence-electron chi connectivity index (χ0n) is 10.7. The molecular weight excluding hydrogens is 449 g/mol. The standard InChI is InChI=1S/C15H9BrINO3/c16-8-1-3-12-10(5-8)15(7-20-14(19)18-15)11-6-9(17)2-4-13(11)21-12/h1-6H,7H2,(H,18,19). The van der Waals surface area contributed by atoms with E-state index >= 15 is 0 Å². The van der Waals surface area contributed by atoms with E-state index in [0.29, 0.717) is 0 Å². The van der Waals surface area contributed by atoms with E-state index < -0.39 is 11.6 Å². The Labute approximate surface area is 143 Å². The van der Waals surface area contributed by atoms with E-state index in [0.717, 1.165) is 30.7 Å². The summed E-state index contributed by atoms with van der Waals surface area (Å²) < 4.78 is 13.2. The first-order valence-electron chi connectivity index (χ1n) is 6.31. The van der Waals surface area contributed by atoms with Crippen molar-refractivity contribution in [3.8, 4) is 11.5 Å². The number of nitrogens with one attached hydrogen (secondary N) is 1. The summed E-state index contributed by atoms with van der Waals surface area (Å²) in [5.74, 6) is 1.48. The van der Waals surface area contributed by atoms with E-state index in [1.807, 2.05) is 36.4 Å². The topological polar surface area (TPSA) is 47.6 Å². The van der Waals surface area contributed by atoms with Gasteiger partial charge in [0.2, 0.25) is 0 Å². The summed E-state index contributed by atoms with van der Waals surface area (Å²) in [6.45, 7) is 0.256. The van der Waals surface area contributed by atoms with Crippen LogP contribution in [0.15, 0.2) is 40.9 Å². The van der Waals surface area contributed by atoms with Crippen LogP contribution in [0.4, 0.5) is 4.79 Å². The lowest BCUT2D eigenvalue weighted by Crippen LogP contribution is -2.43. The van der Waals surface area contributed by atoms with Gasteiger partial charge in [-0.1, -0.05) is 15.9 Å². The van der Waals surface area contributed by atoms with E-state index in [2.05, 4.69) is 43.8 Å². The zero-order valence-corrected chi connectivity index (χ0v) is 14.4. The molecule has 0 aliphatic carbocycles. The summed E-state index contributed by atoms with van der Waals surface area (Å²) in [5, 5.41) is 2.97. The SMILES string of the molecule is O=C1NC2(CO1)c1cc(Br)ccc1Oc1ccc(I)cc12. The van der Waals surface area contributed by atoms with Crippen molar-refractivity contribution >= 4 is 44.6 Å². The Morgan fingerprint density at radius 3 is 2.57 bits per heavy atom. The average Bonchev–Trinajstić information content (AvgIpc) is 2.84. The van der Waals surface area contributed by atoms with Crippen LogP contribution in [0.5, 0.6) is 11.5 Å². The molecule has 1 fully saturated rings. The molecule has 106 valence electrons. The van der Waals surface area contributed by atoms with Crippen LogP contribution < -0.4 is 10.1 Å². The number of hydrogen-bond donors (Lipinski definition) is 1. The molecule has 21 heavy (non-hydrogen) atoms. The Bertz CT molecular complexity index is 726. The molecule has 1 atom stereocenters. The van der Waals surface area contributed by atoms with Crippen LogP contribution in [0.25, 0.3) is 0 Å². The second kappa shape index (κ2) is 4.61. The van der Waals surface area contributed by atoms with E-state index in [-0.39, 0.29) is 6.61 Å². The Balaban J connectivity index is 2.02. The van der Waals surface area contributed by atoms with Gasteiger partial charge >= 0.3 is 6.09 Å². The summed E-state index contributed by atoms with van der Waals surface area (Å²) in [6, 6.07) is 11.7. The van der Waals surface area contributed by atoms with Gasteiger partial charge < -0.3 is 14.8 Å². The fraction of sp³-hybridized carbons (Fsp3) is 0.133. The summed E-state index contributed by atoms with van der Waals surface area (Å²) in [6.07, 6.45) is -0.410. The van der Waals surface area contributed by atoms with Gasteiger partial charge in [-0.05, 0) is 59.0 Å². The molecule has 0 bridgehead atoms. The lowest BCUT2D eigenvalue weighted by atomic mass is 9.81. The van der Waals surface area contributed by atoms with Crippen molar-refractivity contribution in [1.29, 1.82) is 0 Å². The minimum atomic E-state index is -0.690. The van der Waals surface area contributed by atoms with Gasteiger partial charge in [0, 0.05) is 19.2 Å². The number of carbonyl (C=O) groups is 1. The highest BCUT2D eigenvalue weighted by molar-refractivity contribution is 14.1. The highest BCUT2D eigenvalue weighted by atomic mass is 127. The third-order valence-electron chi connectivity index (χ3n) is 3.76. The summed E-state index contributed by atoms with van der Waals surface area (Å²) in [4.78, 5) is 11.7. The zero-order chi connectivity index (χ0) is 14.6. The summed E-state index contributed by atoms with van der Waals surface area (Å²) in [7, 11) is 0. The molecule has 0 saturated carbocycles. The van der Waals surface area contributed by atoms with Gasteiger partial charge in [0.15, 0.2) is 0 Å². The van der Waals surface area contributed by atoms with Crippen molar-refractivity contribution in [3.05, 3.63) is 55.6 Å². The molecule has 2 aliphatic heterocycles. The maximum atomic E-state index is 11.7. The van der Waals surface area contributed by atoms with E-state index in [1.165, 1.54) is 0 Å². The van der Waals surface area contributed by atoms with Gasteiger partial charge in [-0.2, -0.15) is 0 Å². The Hall–Kier alpha value is -1.28. The normalized spacial score (nSPS) is 22.1. The fourth-order valence-corrected chi connectivity index (χ4v) is 3.68. The van der Waals surface area contributed by atoms with Crippen LogP contribution in [0.2, 0.25) is 0 Å². The molecule has 2 aliphatic rings. The molecule has 2 aromatic carbocycles. The number of hydrogen-bond acceptors (Lipinski definition) is 3. The molecule has 1 saturated heterocycles. The first-order valence-corrected chi connectivity index (χ1v) is 8.18. The highest BCUT2D eigenvalue weighted by Crippen LogP contribution is 2.49. The van der Waals surface area contributed by atoms with Crippen molar-refractivity contribution in [2.24, 2.45) is 0 Å². The van der Waals surface area contributed by atoms with E-state index in [9.17, 15) is 4.79 Å². The molecule has 0 radical (unpaired) electrons. The van der Waals surface area contributed by atoms with Crippen LogP contribution >= 0.6 is 38.5 Å². The molecular formula is C15H9BrINO3. The van der Waals surface area contributed by atoms with Crippen LogP contribution in [0.3, 0.4) is 0 Å².